The SMILES string of the molecule is O=C1C[C@H](C(=O)NC2CCC(n3cc(-c4ccc(OC(F)(F)F)cn4)cn3)CC2)Oc2ccc(Cl)cc21. The van der Waals surface area contributed by atoms with Crippen molar-refractivity contribution in [1.29, 1.82) is 0 Å². The Labute approximate surface area is 214 Å². The number of pyridine rings is 1. The molecule has 1 N–H and O–H groups in total. The maximum Gasteiger partial charge on any atom is 0.573 e. The number of rotatable bonds is 5. The summed E-state index contributed by atoms with van der Waals surface area (Å²) >= 11 is 5.95. The quantitative estimate of drug-likeness (QED) is 0.487. The van der Waals surface area contributed by atoms with Crippen molar-refractivity contribution in [1.82, 2.24) is 20.1 Å². The highest BCUT2D eigenvalue weighted by atomic mass is 35.5. The largest absolute Gasteiger partial charge is 0.573 e. The summed E-state index contributed by atoms with van der Waals surface area (Å²) in [6, 6.07) is 7.47. The van der Waals surface area contributed by atoms with Crippen molar-refractivity contribution < 1.29 is 32.2 Å². The lowest BCUT2D eigenvalue weighted by Crippen LogP contribution is -2.47. The summed E-state index contributed by atoms with van der Waals surface area (Å²) in [6.45, 7) is 0. The average molecular weight is 535 g/mol. The van der Waals surface area contributed by atoms with Gasteiger partial charge in [0.1, 0.15) is 11.5 Å². The second kappa shape index (κ2) is 10.0. The van der Waals surface area contributed by atoms with E-state index in [0.29, 0.717) is 27.6 Å². The second-order valence-electron chi connectivity index (χ2n) is 9.02. The molecule has 2 aromatic heterocycles. The number of alkyl halides is 3. The topological polar surface area (TPSA) is 95.3 Å². The molecule has 1 saturated carbocycles. The van der Waals surface area contributed by atoms with Gasteiger partial charge in [-0.05, 0) is 56.0 Å². The molecule has 0 saturated heterocycles. The lowest BCUT2D eigenvalue weighted by Gasteiger charge is -2.31. The van der Waals surface area contributed by atoms with Gasteiger partial charge in [-0.2, -0.15) is 5.10 Å². The van der Waals surface area contributed by atoms with Crippen LogP contribution in [0.25, 0.3) is 11.3 Å². The van der Waals surface area contributed by atoms with E-state index in [9.17, 15) is 22.8 Å². The molecule has 3 aromatic rings. The molecular weight excluding hydrogens is 513 g/mol. The van der Waals surface area contributed by atoms with Crippen molar-refractivity contribution in [2.24, 2.45) is 0 Å². The van der Waals surface area contributed by atoms with E-state index in [1.807, 2.05) is 4.68 Å². The van der Waals surface area contributed by atoms with Gasteiger partial charge < -0.3 is 14.8 Å². The van der Waals surface area contributed by atoms with E-state index >= 15 is 0 Å². The molecule has 1 aromatic carbocycles. The lowest BCUT2D eigenvalue weighted by molar-refractivity contribution is -0.274. The van der Waals surface area contributed by atoms with Crippen LogP contribution in [0, 0.1) is 0 Å². The van der Waals surface area contributed by atoms with Crippen LogP contribution in [0.1, 0.15) is 48.5 Å². The zero-order chi connectivity index (χ0) is 26.2. The van der Waals surface area contributed by atoms with Crippen LogP contribution in [0.4, 0.5) is 13.2 Å². The normalized spacial score (nSPS) is 21.6. The summed E-state index contributed by atoms with van der Waals surface area (Å²) in [5.74, 6) is -0.529. The van der Waals surface area contributed by atoms with E-state index in [0.717, 1.165) is 31.9 Å². The molecule has 2 aliphatic rings. The van der Waals surface area contributed by atoms with Gasteiger partial charge in [-0.25, -0.2) is 0 Å². The maximum atomic E-state index is 12.8. The number of ketones is 1. The maximum absolute atomic E-state index is 12.8. The van der Waals surface area contributed by atoms with Gasteiger partial charge in [0.25, 0.3) is 5.91 Å². The lowest BCUT2D eigenvalue weighted by atomic mass is 9.91. The first-order valence-electron chi connectivity index (χ1n) is 11.7. The van der Waals surface area contributed by atoms with Crippen molar-refractivity contribution >= 4 is 23.3 Å². The van der Waals surface area contributed by atoms with Crippen LogP contribution in [0.15, 0.2) is 48.9 Å². The summed E-state index contributed by atoms with van der Waals surface area (Å²) < 4.78 is 48.4. The zero-order valence-corrected chi connectivity index (χ0v) is 20.1. The van der Waals surface area contributed by atoms with Gasteiger partial charge in [-0.3, -0.25) is 19.3 Å². The minimum atomic E-state index is -4.77. The third kappa shape index (κ3) is 5.87. The number of fused-ring (bicyclic) bond motifs is 1. The number of amides is 1. The van der Waals surface area contributed by atoms with Gasteiger partial charge in [0.15, 0.2) is 11.9 Å². The van der Waals surface area contributed by atoms with E-state index in [1.54, 1.807) is 30.6 Å². The Balaban J connectivity index is 1.14. The number of benzene rings is 1. The fraction of sp³-hybridized carbons (Fsp3) is 0.360. The van der Waals surface area contributed by atoms with Gasteiger partial charge in [0, 0.05) is 22.8 Å². The molecule has 5 rings (SSSR count). The molecule has 3 heterocycles. The summed E-state index contributed by atoms with van der Waals surface area (Å²) in [5.41, 5.74) is 1.54. The Morgan fingerprint density at radius 1 is 1.14 bits per heavy atom. The standard InChI is InChI=1S/C25H22ClF3N4O4/c26-15-1-8-22-19(9-15)21(34)10-23(36-22)24(35)32-16-2-4-17(5-3-16)33-13-14(11-31-33)20-7-6-18(12-30-20)37-25(27,28)29/h1,6-9,11-13,16-17,23H,2-5,10H2,(H,32,35)/t16?,17?,23-/m1/s1. The average Bonchev–Trinajstić information content (AvgIpc) is 3.34. The number of Topliss-reactive ketones (excluding diaryl/α,β-unsaturated/α-hetero) is 1. The predicted octanol–water partition coefficient (Wildman–Crippen LogP) is 5.13. The van der Waals surface area contributed by atoms with Crippen molar-refractivity contribution in [2.75, 3.05) is 0 Å². The van der Waals surface area contributed by atoms with Gasteiger partial charge in [-0.15, -0.1) is 13.2 Å². The number of carbonyl (C=O) groups excluding carboxylic acids is 2. The summed E-state index contributed by atoms with van der Waals surface area (Å²) in [4.78, 5) is 29.3. The van der Waals surface area contributed by atoms with Crippen LogP contribution in [-0.2, 0) is 4.79 Å². The molecule has 12 heteroatoms. The van der Waals surface area contributed by atoms with Gasteiger partial charge in [-0.1, -0.05) is 11.6 Å². The van der Waals surface area contributed by atoms with Crippen LogP contribution in [-0.4, -0.2) is 45.0 Å². The molecule has 1 fully saturated rings. The second-order valence-corrected chi connectivity index (χ2v) is 9.46. The number of halogens is 4. The van der Waals surface area contributed by atoms with E-state index in [4.69, 9.17) is 16.3 Å². The molecule has 1 atom stereocenters. The first-order chi connectivity index (χ1) is 17.6. The monoisotopic (exact) mass is 534 g/mol. The summed E-state index contributed by atoms with van der Waals surface area (Å²) in [7, 11) is 0. The highest BCUT2D eigenvalue weighted by molar-refractivity contribution is 6.31. The van der Waals surface area contributed by atoms with Crippen molar-refractivity contribution in [3.63, 3.8) is 0 Å². The van der Waals surface area contributed by atoms with E-state index in [1.165, 1.54) is 12.1 Å². The number of ether oxygens (including phenoxy) is 2. The number of aromatic nitrogens is 3. The Hall–Kier alpha value is -3.60. The Morgan fingerprint density at radius 3 is 2.62 bits per heavy atom. The molecule has 194 valence electrons. The first-order valence-corrected chi connectivity index (χ1v) is 12.1. The molecule has 1 aliphatic carbocycles. The number of nitrogens with zero attached hydrogens (tertiary/aromatic N) is 3. The number of hydrogen-bond acceptors (Lipinski definition) is 6. The molecular formula is C25H22ClF3N4O4. The van der Waals surface area contributed by atoms with Crippen LogP contribution >= 0.6 is 11.6 Å². The molecule has 0 spiro atoms. The van der Waals surface area contributed by atoms with Crippen LogP contribution in [0.3, 0.4) is 0 Å². The Morgan fingerprint density at radius 2 is 1.92 bits per heavy atom. The first kappa shape index (κ1) is 25.1. The zero-order valence-electron chi connectivity index (χ0n) is 19.4. The third-order valence-electron chi connectivity index (χ3n) is 6.46. The van der Waals surface area contributed by atoms with Crippen molar-refractivity contribution in [3.05, 3.63) is 59.5 Å². The molecule has 1 amide bonds. The summed E-state index contributed by atoms with van der Waals surface area (Å²) in [5, 5.41) is 7.84. The highest BCUT2D eigenvalue weighted by Gasteiger charge is 2.34. The van der Waals surface area contributed by atoms with E-state index in [-0.39, 0.29) is 35.9 Å². The molecule has 8 nitrogen and oxygen atoms in total. The van der Waals surface area contributed by atoms with E-state index in [2.05, 4.69) is 20.1 Å². The van der Waals surface area contributed by atoms with Crippen LogP contribution in [0.2, 0.25) is 5.02 Å². The van der Waals surface area contributed by atoms with Gasteiger partial charge in [0.2, 0.25) is 0 Å². The van der Waals surface area contributed by atoms with Gasteiger partial charge in [0.05, 0.1) is 36.1 Å². The van der Waals surface area contributed by atoms with Gasteiger partial charge >= 0.3 is 6.36 Å². The number of carbonyl (C=O) groups is 2. The van der Waals surface area contributed by atoms with Crippen LogP contribution in [0.5, 0.6) is 11.5 Å². The summed E-state index contributed by atoms with van der Waals surface area (Å²) in [6.07, 6.45) is 1.73. The van der Waals surface area contributed by atoms with Crippen molar-refractivity contribution in [3.8, 4) is 22.8 Å². The molecule has 0 radical (unpaired) electrons. The molecule has 1 aliphatic heterocycles. The Bertz CT molecular complexity index is 1300. The molecule has 0 unspecified atom stereocenters. The highest BCUT2D eigenvalue weighted by Crippen LogP contribution is 2.32. The van der Waals surface area contributed by atoms with E-state index < -0.39 is 12.5 Å². The molecule has 37 heavy (non-hydrogen) atoms. The predicted molar refractivity (Wildman–Crippen MR) is 126 cm³/mol. The minimum absolute atomic E-state index is 0.0398. The van der Waals surface area contributed by atoms with Crippen LogP contribution < -0.4 is 14.8 Å². The third-order valence-corrected chi connectivity index (χ3v) is 6.69. The number of hydrogen-bond donors (Lipinski definition) is 1. The Kier molecular flexibility index (Phi) is 6.80. The fourth-order valence-electron chi connectivity index (χ4n) is 4.64. The van der Waals surface area contributed by atoms with Crippen molar-refractivity contribution in [2.45, 2.75) is 56.7 Å². The minimum Gasteiger partial charge on any atom is -0.479 e. The smallest absolute Gasteiger partial charge is 0.479 e. The molecule has 0 bridgehead atoms. The number of nitrogens with one attached hydrogen (secondary N) is 1. The fourth-order valence-corrected chi connectivity index (χ4v) is 4.81.